The van der Waals surface area contributed by atoms with Crippen molar-refractivity contribution in [1.82, 2.24) is 0 Å². The van der Waals surface area contributed by atoms with E-state index in [0.29, 0.717) is 5.76 Å². The van der Waals surface area contributed by atoms with Gasteiger partial charge in [-0.3, -0.25) is 0 Å². The first kappa shape index (κ1) is 11.1. The summed E-state index contributed by atoms with van der Waals surface area (Å²) in [6, 6.07) is 11.7. The molecule has 0 bridgehead atoms. The topological polar surface area (TPSA) is 37.9 Å². The second-order valence-corrected chi connectivity index (χ2v) is 4.31. The molecule has 2 rings (SSSR count). The van der Waals surface area contributed by atoms with Crippen LogP contribution in [0.4, 0.5) is 0 Å². The summed E-state index contributed by atoms with van der Waals surface area (Å²) < 4.78 is 6.26. The quantitative estimate of drug-likeness (QED) is 0.485. The number of furan rings is 1. The molecule has 0 aliphatic heterocycles. The fraction of sp³-hybridized carbons (Fsp3) is 0. The summed E-state index contributed by atoms with van der Waals surface area (Å²) in [5.41, 5.74) is 1.03. The molecule has 0 unspecified atom stereocenters. The standard InChI is InChI=1S/C12H9IN2O/c13-11-4-1-3-10(7-11)8-14-15-9-12-5-2-6-16-12/h1-9H/b14-8?,15-9+. The Labute approximate surface area is 107 Å². The van der Waals surface area contributed by atoms with E-state index in [2.05, 4.69) is 32.8 Å². The molecule has 0 aliphatic rings. The van der Waals surface area contributed by atoms with Gasteiger partial charge in [0.1, 0.15) is 5.76 Å². The van der Waals surface area contributed by atoms with Crippen LogP contribution in [0.1, 0.15) is 11.3 Å². The number of hydrogen-bond acceptors (Lipinski definition) is 3. The smallest absolute Gasteiger partial charge is 0.146 e. The Morgan fingerprint density at radius 3 is 2.69 bits per heavy atom. The lowest BCUT2D eigenvalue weighted by molar-refractivity contribution is 0.560. The van der Waals surface area contributed by atoms with Crippen LogP contribution in [0.3, 0.4) is 0 Å². The normalized spacial score (nSPS) is 11.6. The predicted octanol–water partition coefficient (Wildman–Crippen LogP) is 3.34. The molecule has 1 aromatic carbocycles. The van der Waals surface area contributed by atoms with Crippen molar-refractivity contribution in [3.05, 3.63) is 57.6 Å². The second-order valence-electron chi connectivity index (χ2n) is 3.06. The van der Waals surface area contributed by atoms with Gasteiger partial charge in [0.25, 0.3) is 0 Å². The molecule has 0 atom stereocenters. The molecule has 3 nitrogen and oxygen atoms in total. The van der Waals surface area contributed by atoms with Crippen molar-refractivity contribution in [2.45, 2.75) is 0 Å². The van der Waals surface area contributed by atoms with E-state index in [9.17, 15) is 0 Å². The Kier molecular flexibility index (Phi) is 3.87. The van der Waals surface area contributed by atoms with Crippen LogP contribution in [0, 0.1) is 3.57 Å². The first-order chi connectivity index (χ1) is 7.84. The van der Waals surface area contributed by atoms with Crippen LogP contribution in [0.25, 0.3) is 0 Å². The zero-order chi connectivity index (χ0) is 11.2. The molecule has 80 valence electrons. The van der Waals surface area contributed by atoms with Gasteiger partial charge in [-0.15, -0.1) is 0 Å². The first-order valence-corrected chi connectivity index (χ1v) is 5.78. The molecule has 1 aromatic heterocycles. The summed E-state index contributed by atoms with van der Waals surface area (Å²) in [5.74, 6) is 0.694. The fourth-order valence-corrected chi connectivity index (χ4v) is 1.71. The highest BCUT2D eigenvalue weighted by Gasteiger charge is 1.89. The highest BCUT2D eigenvalue weighted by molar-refractivity contribution is 14.1. The van der Waals surface area contributed by atoms with E-state index in [0.717, 1.165) is 5.56 Å². The van der Waals surface area contributed by atoms with E-state index in [1.807, 2.05) is 36.4 Å². The largest absolute Gasteiger partial charge is 0.463 e. The van der Waals surface area contributed by atoms with Crippen molar-refractivity contribution in [1.29, 1.82) is 0 Å². The third-order valence-corrected chi connectivity index (χ3v) is 2.52. The molecule has 1 heterocycles. The van der Waals surface area contributed by atoms with Gasteiger partial charge in [-0.05, 0) is 52.4 Å². The fourth-order valence-electron chi connectivity index (χ4n) is 1.14. The molecule has 16 heavy (non-hydrogen) atoms. The van der Waals surface area contributed by atoms with Crippen molar-refractivity contribution in [2.24, 2.45) is 10.2 Å². The first-order valence-electron chi connectivity index (χ1n) is 4.70. The van der Waals surface area contributed by atoms with Crippen LogP contribution in [0.15, 0.2) is 57.3 Å². The van der Waals surface area contributed by atoms with Crippen LogP contribution in [-0.4, -0.2) is 12.4 Å². The third kappa shape index (κ3) is 3.30. The Morgan fingerprint density at radius 1 is 1.06 bits per heavy atom. The lowest BCUT2D eigenvalue weighted by Gasteiger charge is -1.91. The summed E-state index contributed by atoms with van der Waals surface area (Å²) in [5, 5.41) is 7.83. The lowest BCUT2D eigenvalue weighted by Crippen LogP contribution is -1.81. The molecule has 0 amide bonds. The Morgan fingerprint density at radius 2 is 1.94 bits per heavy atom. The van der Waals surface area contributed by atoms with Crippen molar-refractivity contribution in [2.75, 3.05) is 0 Å². The van der Waals surface area contributed by atoms with Gasteiger partial charge < -0.3 is 4.42 Å². The van der Waals surface area contributed by atoms with Crippen LogP contribution < -0.4 is 0 Å². The summed E-state index contributed by atoms with van der Waals surface area (Å²) in [7, 11) is 0. The van der Waals surface area contributed by atoms with Crippen molar-refractivity contribution < 1.29 is 4.42 Å². The summed E-state index contributed by atoms with van der Waals surface area (Å²) >= 11 is 2.26. The SMILES string of the molecule is Ic1cccc(C=N/N=C/c2ccco2)c1. The average molecular weight is 324 g/mol. The summed E-state index contributed by atoms with van der Waals surface area (Å²) in [6.45, 7) is 0. The van der Waals surface area contributed by atoms with Gasteiger partial charge in [0.2, 0.25) is 0 Å². The van der Waals surface area contributed by atoms with Crippen LogP contribution in [-0.2, 0) is 0 Å². The number of benzene rings is 1. The third-order valence-electron chi connectivity index (χ3n) is 1.85. The lowest BCUT2D eigenvalue weighted by atomic mass is 10.2. The highest BCUT2D eigenvalue weighted by Crippen LogP contribution is 2.05. The molecule has 0 saturated heterocycles. The van der Waals surface area contributed by atoms with E-state index in [1.54, 1.807) is 18.7 Å². The van der Waals surface area contributed by atoms with Gasteiger partial charge in [-0.25, -0.2) is 0 Å². The maximum Gasteiger partial charge on any atom is 0.146 e. The molecule has 0 N–H and O–H groups in total. The minimum Gasteiger partial charge on any atom is -0.463 e. The van der Waals surface area contributed by atoms with Crippen LogP contribution in [0.5, 0.6) is 0 Å². The Bertz CT molecular complexity index is 503. The predicted molar refractivity (Wildman–Crippen MR) is 73.1 cm³/mol. The highest BCUT2D eigenvalue weighted by atomic mass is 127. The maximum atomic E-state index is 5.08. The number of halogens is 1. The van der Waals surface area contributed by atoms with E-state index in [-0.39, 0.29) is 0 Å². The molecule has 4 heteroatoms. The molecule has 0 aliphatic carbocycles. The van der Waals surface area contributed by atoms with Gasteiger partial charge >= 0.3 is 0 Å². The zero-order valence-electron chi connectivity index (χ0n) is 8.38. The van der Waals surface area contributed by atoms with E-state index in [4.69, 9.17) is 4.42 Å². The van der Waals surface area contributed by atoms with Crippen LogP contribution in [0.2, 0.25) is 0 Å². The molecular formula is C12H9IN2O. The minimum absolute atomic E-state index is 0.694. The van der Waals surface area contributed by atoms with Gasteiger partial charge in [-0.1, -0.05) is 12.1 Å². The molecule has 0 fully saturated rings. The van der Waals surface area contributed by atoms with Gasteiger partial charge in [0.05, 0.1) is 18.7 Å². The Hall–Kier alpha value is -1.43. The minimum atomic E-state index is 0.694. The van der Waals surface area contributed by atoms with Crippen molar-refractivity contribution in [3.63, 3.8) is 0 Å². The zero-order valence-corrected chi connectivity index (χ0v) is 10.5. The maximum absolute atomic E-state index is 5.08. The molecule has 0 saturated carbocycles. The monoisotopic (exact) mass is 324 g/mol. The van der Waals surface area contributed by atoms with Gasteiger partial charge in [-0.2, -0.15) is 10.2 Å². The molecule has 0 spiro atoms. The number of rotatable bonds is 3. The van der Waals surface area contributed by atoms with Crippen molar-refractivity contribution in [3.8, 4) is 0 Å². The Balaban J connectivity index is 2.00. The van der Waals surface area contributed by atoms with Crippen molar-refractivity contribution >= 4 is 35.0 Å². The average Bonchev–Trinajstić information content (AvgIpc) is 2.77. The number of hydrogen-bond donors (Lipinski definition) is 0. The summed E-state index contributed by atoms with van der Waals surface area (Å²) in [6.07, 6.45) is 4.89. The van der Waals surface area contributed by atoms with Crippen LogP contribution >= 0.6 is 22.6 Å². The van der Waals surface area contributed by atoms with E-state index >= 15 is 0 Å². The van der Waals surface area contributed by atoms with Gasteiger partial charge in [0.15, 0.2) is 0 Å². The second kappa shape index (κ2) is 5.60. The molecule has 0 radical (unpaired) electrons. The number of nitrogens with zero attached hydrogens (tertiary/aromatic N) is 2. The summed E-state index contributed by atoms with van der Waals surface area (Å²) in [4.78, 5) is 0. The van der Waals surface area contributed by atoms with E-state index in [1.165, 1.54) is 3.57 Å². The van der Waals surface area contributed by atoms with Gasteiger partial charge in [0, 0.05) is 3.57 Å². The molecule has 2 aromatic rings. The van der Waals surface area contributed by atoms with E-state index < -0.39 is 0 Å². The molecular weight excluding hydrogens is 315 g/mol.